The SMILES string of the molecule is CCOc1ccccc1N1C(=O)C[C@H](Sc2ncccc2C(=O)O)C1=O. The Morgan fingerprint density at radius 3 is 2.81 bits per heavy atom. The van der Waals surface area contributed by atoms with Crippen LogP contribution in [0.25, 0.3) is 0 Å². The van der Waals surface area contributed by atoms with Crippen molar-refractivity contribution in [2.75, 3.05) is 11.5 Å². The van der Waals surface area contributed by atoms with Crippen LogP contribution in [0.15, 0.2) is 47.6 Å². The van der Waals surface area contributed by atoms with E-state index in [0.717, 1.165) is 16.7 Å². The summed E-state index contributed by atoms with van der Waals surface area (Å²) in [6, 6.07) is 9.76. The molecule has 134 valence electrons. The molecule has 26 heavy (non-hydrogen) atoms. The maximum absolute atomic E-state index is 12.8. The quantitative estimate of drug-likeness (QED) is 0.779. The molecule has 2 heterocycles. The Labute approximate surface area is 154 Å². The molecule has 2 amide bonds. The lowest BCUT2D eigenvalue weighted by molar-refractivity contribution is -0.121. The van der Waals surface area contributed by atoms with Crippen LogP contribution in [-0.2, 0) is 9.59 Å². The molecule has 3 rings (SSSR count). The normalized spacial score (nSPS) is 16.8. The Morgan fingerprint density at radius 1 is 1.31 bits per heavy atom. The number of imide groups is 1. The van der Waals surface area contributed by atoms with E-state index in [0.29, 0.717) is 18.0 Å². The van der Waals surface area contributed by atoms with Gasteiger partial charge in [-0.15, -0.1) is 0 Å². The predicted molar refractivity (Wildman–Crippen MR) is 95.6 cm³/mol. The van der Waals surface area contributed by atoms with Crippen molar-refractivity contribution in [3.8, 4) is 5.75 Å². The van der Waals surface area contributed by atoms with Crippen LogP contribution in [0.3, 0.4) is 0 Å². The topological polar surface area (TPSA) is 96.8 Å². The number of benzene rings is 1. The minimum Gasteiger partial charge on any atom is -0.492 e. The molecule has 1 aromatic carbocycles. The second-order valence-electron chi connectivity index (χ2n) is 5.44. The highest BCUT2D eigenvalue weighted by Gasteiger charge is 2.42. The summed E-state index contributed by atoms with van der Waals surface area (Å²) in [5.74, 6) is -1.44. The van der Waals surface area contributed by atoms with Crippen LogP contribution in [0.4, 0.5) is 5.69 Å². The van der Waals surface area contributed by atoms with Gasteiger partial charge in [0.15, 0.2) is 0 Å². The van der Waals surface area contributed by atoms with E-state index in [1.165, 1.54) is 18.3 Å². The first-order valence-corrected chi connectivity index (χ1v) is 8.84. The molecule has 0 unspecified atom stereocenters. The van der Waals surface area contributed by atoms with Crippen LogP contribution < -0.4 is 9.64 Å². The Balaban J connectivity index is 1.88. The van der Waals surface area contributed by atoms with Crippen molar-refractivity contribution in [2.45, 2.75) is 23.6 Å². The van der Waals surface area contributed by atoms with Crippen molar-refractivity contribution in [1.29, 1.82) is 0 Å². The zero-order chi connectivity index (χ0) is 18.7. The van der Waals surface area contributed by atoms with Crippen molar-refractivity contribution in [3.05, 3.63) is 48.2 Å². The van der Waals surface area contributed by atoms with Gasteiger partial charge in [-0.25, -0.2) is 14.7 Å². The van der Waals surface area contributed by atoms with Crippen molar-refractivity contribution >= 4 is 35.2 Å². The number of amides is 2. The molecule has 1 aliphatic rings. The number of hydrogen-bond acceptors (Lipinski definition) is 6. The fourth-order valence-corrected chi connectivity index (χ4v) is 3.76. The molecule has 1 atom stereocenters. The number of carbonyl (C=O) groups is 3. The Hall–Kier alpha value is -2.87. The first-order chi connectivity index (χ1) is 12.5. The first kappa shape index (κ1) is 17.9. The van der Waals surface area contributed by atoms with E-state index in [9.17, 15) is 19.5 Å². The molecule has 7 nitrogen and oxygen atoms in total. The van der Waals surface area contributed by atoms with Crippen molar-refractivity contribution in [2.24, 2.45) is 0 Å². The molecule has 1 saturated heterocycles. The Morgan fingerprint density at radius 2 is 2.08 bits per heavy atom. The number of carboxylic acid groups (broad SMARTS) is 1. The third-order valence-electron chi connectivity index (χ3n) is 3.77. The van der Waals surface area contributed by atoms with Crippen LogP contribution in [0.1, 0.15) is 23.7 Å². The minimum absolute atomic E-state index is 0.00548. The average Bonchev–Trinajstić information content (AvgIpc) is 2.90. The summed E-state index contributed by atoms with van der Waals surface area (Å²) in [6.07, 6.45) is 1.43. The average molecular weight is 372 g/mol. The lowest BCUT2D eigenvalue weighted by Crippen LogP contribution is -2.31. The number of para-hydroxylation sites is 2. The molecule has 0 aliphatic carbocycles. The number of rotatable bonds is 6. The number of nitrogens with zero attached hydrogens (tertiary/aromatic N) is 2. The molecule has 1 aliphatic heterocycles. The van der Waals surface area contributed by atoms with Crippen molar-refractivity contribution in [1.82, 2.24) is 4.98 Å². The summed E-state index contributed by atoms with van der Waals surface area (Å²) in [4.78, 5) is 41.7. The van der Waals surface area contributed by atoms with Gasteiger partial charge in [0, 0.05) is 12.6 Å². The van der Waals surface area contributed by atoms with E-state index in [-0.39, 0.29) is 22.9 Å². The van der Waals surface area contributed by atoms with Gasteiger partial charge in [0.05, 0.1) is 23.1 Å². The number of thioether (sulfide) groups is 1. The summed E-state index contributed by atoms with van der Waals surface area (Å²) in [6.45, 7) is 2.22. The predicted octanol–water partition coefficient (Wildman–Crippen LogP) is 2.60. The molecule has 2 aromatic rings. The number of hydrogen-bond donors (Lipinski definition) is 1. The van der Waals surface area contributed by atoms with Gasteiger partial charge in [-0.05, 0) is 31.2 Å². The summed E-state index contributed by atoms with van der Waals surface area (Å²) >= 11 is 0.991. The van der Waals surface area contributed by atoms with Crippen LogP contribution in [0.2, 0.25) is 0 Å². The summed E-state index contributed by atoms with van der Waals surface area (Å²) in [5, 5.41) is 8.73. The summed E-state index contributed by atoms with van der Waals surface area (Å²) < 4.78 is 5.51. The van der Waals surface area contributed by atoms with Crippen LogP contribution in [0.5, 0.6) is 5.75 Å². The third kappa shape index (κ3) is 3.41. The van der Waals surface area contributed by atoms with E-state index in [1.54, 1.807) is 24.3 Å². The van der Waals surface area contributed by atoms with E-state index >= 15 is 0 Å². The lowest BCUT2D eigenvalue weighted by atomic mass is 10.2. The largest absolute Gasteiger partial charge is 0.492 e. The lowest BCUT2D eigenvalue weighted by Gasteiger charge is -2.18. The van der Waals surface area contributed by atoms with Gasteiger partial charge in [-0.2, -0.15) is 0 Å². The van der Waals surface area contributed by atoms with Gasteiger partial charge in [0.1, 0.15) is 10.8 Å². The molecule has 0 radical (unpaired) electrons. The fourth-order valence-electron chi connectivity index (χ4n) is 2.65. The molecule has 1 aromatic heterocycles. The molecule has 0 saturated carbocycles. The monoisotopic (exact) mass is 372 g/mol. The number of carboxylic acids is 1. The van der Waals surface area contributed by atoms with Crippen LogP contribution in [0, 0.1) is 0 Å². The molecule has 0 bridgehead atoms. The number of pyridine rings is 1. The molecular formula is C18H16N2O5S. The standard InChI is InChI=1S/C18H16N2O5S/c1-2-25-13-8-4-3-7-12(13)20-15(21)10-14(17(20)22)26-16-11(18(23)24)6-5-9-19-16/h3-9,14H,2,10H2,1H3,(H,23,24)/t14-/m0/s1. The van der Waals surface area contributed by atoms with E-state index in [2.05, 4.69) is 4.98 Å². The Bertz CT molecular complexity index is 870. The second kappa shape index (κ2) is 7.57. The van der Waals surface area contributed by atoms with Gasteiger partial charge < -0.3 is 9.84 Å². The minimum atomic E-state index is -1.13. The van der Waals surface area contributed by atoms with Crippen molar-refractivity contribution < 1.29 is 24.2 Å². The van der Waals surface area contributed by atoms with Gasteiger partial charge >= 0.3 is 5.97 Å². The highest BCUT2D eigenvalue weighted by molar-refractivity contribution is 8.00. The molecular weight excluding hydrogens is 356 g/mol. The molecule has 1 fully saturated rings. The smallest absolute Gasteiger partial charge is 0.338 e. The highest BCUT2D eigenvalue weighted by atomic mass is 32.2. The van der Waals surface area contributed by atoms with Gasteiger partial charge in [-0.3, -0.25) is 9.59 Å². The van der Waals surface area contributed by atoms with Crippen molar-refractivity contribution in [3.63, 3.8) is 0 Å². The number of anilines is 1. The summed E-state index contributed by atoms with van der Waals surface area (Å²) in [7, 11) is 0. The maximum Gasteiger partial charge on any atom is 0.338 e. The first-order valence-electron chi connectivity index (χ1n) is 7.96. The number of carbonyl (C=O) groups excluding carboxylic acids is 2. The molecule has 0 spiro atoms. The van der Waals surface area contributed by atoms with Gasteiger partial charge in [-0.1, -0.05) is 23.9 Å². The molecule has 1 N–H and O–H groups in total. The third-order valence-corrected chi connectivity index (χ3v) is 4.97. The zero-order valence-electron chi connectivity index (χ0n) is 13.9. The van der Waals surface area contributed by atoms with Gasteiger partial charge in [0.25, 0.3) is 0 Å². The number of ether oxygens (including phenoxy) is 1. The maximum atomic E-state index is 12.8. The van der Waals surface area contributed by atoms with Crippen LogP contribution in [-0.4, -0.2) is 39.7 Å². The van der Waals surface area contributed by atoms with E-state index in [1.807, 2.05) is 6.92 Å². The fraction of sp³-hybridized carbons (Fsp3) is 0.222. The Kier molecular flexibility index (Phi) is 5.22. The van der Waals surface area contributed by atoms with E-state index < -0.39 is 17.1 Å². The zero-order valence-corrected chi connectivity index (χ0v) is 14.7. The summed E-state index contributed by atoms with van der Waals surface area (Å²) in [5.41, 5.74) is 0.401. The van der Waals surface area contributed by atoms with Gasteiger partial charge in [0.2, 0.25) is 11.8 Å². The number of aromatic carboxylic acids is 1. The second-order valence-corrected chi connectivity index (χ2v) is 6.63. The van der Waals surface area contributed by atoms with E-state index in [4.69, 9.17) is 4.74 Å². The molecule has 8 heteroatoms. The number of aromatic nitrogens is 1. The highest BCUT2D eigenvalue weighted by Crippen LogP contribution is 2.37. The van der Waals surface area contributed by atoms with Crippen LogP contribution >= 0.6 is 11.8 Å².